The van der Waals surface area contributed by atoms with Crippen molar-refractivity contribution in [2.75, 3.05) is 6.61 Å². The number of aromatic nitrogens is 1. The zero-order valence-corrected chi connectivity index (χ0v) is 14.3. The van der Waals surface area contributed by atoms with Gasteiger partial charge in [0.25, 0.3) is 5.91 Å². The number of hydrogen-bond acceptors (Lipinski definition) is 3. The van der Waals surface area contributed by atoms with Gasteiger partial charge in [0, 0.05) is 23.5 Å². The zero-order valence-electron chi connectivity index (χ0n) is 14.3. The number of hydrogen-bond donors (Lipinski definition) is 2. The van der Waals surface area contributed by atoms with Gasteiger partial charge in [-0.15, -0.1) is 0 Å². The summed E-state index contributed by atoms with van der Waals surface area (Å²) < 4.78 is 42.9. The summed E-state index contributed by atoms with van der Waals surface area (Å²) in [4.78, 5) is 26.8. The number of H-pyrrole nitrogens is 1. The molecule has 0 aliphatic heterocycles. The third-order valence-electron chi connectivity index (χ3n) is 3.42. The Bertz CT molecular complexity index is 812. The maximum absolute atomic E-state index is 12.5. The van der Waals surface area contributed by atoms with Crippen LogP contribution in [0.1, 0.15) is 35.5 Å². The highest BCUT2D eigenvalue weighted by Crippen LogP contribution is 2.29. The number of pyridine rings is 1. The second kappa shape index (κ2) is 8.07. The van der Waals surface area contributed by atoms with Crippen LogP contribution in [0, 0.1) is 5.92 Å². The molecular weight excluding hydrogens is 349 g/mol. The molecule has 1 amide bonds. The van der Waals surface area contributed by atoms with Crippen LogP contribution in [0.4, 0.5) is 13.2 Å². The molecule has 8 heteroatoms. The third-order valence-corrected chi connectivity index (χ3v) is 3.42. The number of carbonyl (C=O) groups is 1. The summed E-state index contributed by atoms with van der Waals surface area (Å²) in [6.45, 7) is 4.35. The molecule has 2 N–H and O–H groups in total. The van der Waals surface area contributed by atoms with Crippen LogP contribution < -0.4 is 15.5 Å². The lowest BCUT2D eigenvalue weighted by atomic mass is 10.1. The number of halogens is 3. The molecule has 2 rings (SSSR count). The molecule has 2 aromatic rings. The van der Waals surface area contributed by atoms with Crippen LogP contribution in [-0.4, -0.2) is 17.5 Å². The van der Waals surface area contributed by atoms with E-state index in [1.54, 1.807) is 0 Å². The predicted octanol–water partition coefficient (Wildman–Crippen LogP) is 3.36. The van der Waals surface area contributed by atoms with E-state index in [1.807, 2.05) is 13.8 Å². The molecule has 1 aromatic carbocycles. The smallest absolute Gasteiger partial charge is 0.416 e. The number of ether oxygens (including phenoxy) is 1. The SMILES string of the molecule is CC(C)COc1c[nH]c(CNC(=O)c2ccc(C(F)(F)F)cc2)cc1=O. The summed E-state index contributed by atoms with van der Waals surface area (Å²) in [7, 11) is 0. The quantitative estimate of drug-likeness (QED) is 0.821. The first-order valence-corrected chi connectivity index (χ1v) is 7.96. The predicted molar refractivity (Wildman–Crippen MR) is 90.0 cm³/mol. The lowest BCUT2D eigenvalue weighted by Crippen LogP contribution is -2.24. The van der Waals surface area contributed by atoms with Gasteiger partial charge < -0.3 is 15.0 Å². The van der Waals surface area contributed by atoms with Crippen LogP contribution in [-0.2, 0) is 12.7 Å². The van der Waals surface area contributed by atoms with Gasteiger partial charge in [-0.2, -0.15) is 13.2 Å². The molecule has 0 saturated carbocycles. The van der Waals surface area contributed by atoms with Gasteiger partial charge in [-0.25, -0.2) is 0 Å². The van der Waals surface area contributed by atoms with Crippen molar-refractivity contribution >= 4 is 5.91 Å². The number of aromatic amines is 1. The minimum absolute atomic E-state index is 0.0273. The zero-order chi connectivity index (χ0) is 19.3. The fraction of sp³-hybridized carbons (Fsp3) is 0.333. The van der Waals surface area contributed by atoms with Gasteiger partial charge in [0.2, 0.25) is 5.43 Å². The fourth-order valence-corrected chi connectivity index (χ4v) is 2.06. The molecule has 0 aliphatic rings. The van der Waals surface area contributed by atoms with Crippen LogP contribution in [0.15, 0.2) is 41.3 Å². The Morgan fingerprint density at radius 3 is 2.42 bits per heavy atom. The van der Waals surface area contributed by atoms with Crippen molar-refractivity contribution in [3.8, 4) is 5.75 Å². The first-order chi connectivity index (χ1) is 12.2. The number of nitrogens with one attached hydrogen (secondary N) is 2. The molecule has 0 fully saturated rings. The van der Waals surface area contributed by atoms with Crippen molar-refractivity contribution in [1.29, 1.82) is 0 Å². The third kappa shape index (κ3) is 5.37. The summed E-state index contributed by atoms with van der Waals surface area (Å²) >= 11 is 0. The molecule has 0 aliphatic carbocycles. The van der Waals surface area contributed by atoms with E-state index >= 15 is 0 Å². The Balaban J connectivity index is 1.97. The molecular formula is C18H19F3N2O3. The van der Waals surface area contributed by atoms with Crippen molar-refractivity contribution in [2.24, 2.45) is 5.92 Å². The van der Waals surface area contributed by atoms with Crippen LogP contribution >= 0.6 is 0 Å². The molecule has 140 valence electrons. The van der Waals surface area contributed by atoms with Gasteiger partial charge in [0.15, 0.2) is 5.75 Å². The highest BCUT2D eigenvalue weighted by Gasteiger charge is 2.30. The van der Waals surface area contributed by atoms with Crippen molar-refractivity contribution in [3.05, 3.63) is 63.6 Å². The van der Waals surface area contributed by atoms with E-state index in [2.05, 4.69) is 10.3 Å². The van der Waals surface area contributed by atoms with Crippen molar-refractivity contribution in [1.82, 2.24) is 10.3 Å². The van der Waals surface area contributed by atoms with Crippen molar-refractivity contribution < 1.29 is 22.7 Å². The molecule has 0 bridgehead atoms. The normalized spacial score (nSPS) is 11.5. The van der Waals surface area contributed by atoms with Gasteiger partial charge in [-0.05, 0) is 30.2 Å². The Kier molecular flexibility index (Phi) is 6.07. The molecule has 0 atom stereocenters. The lowest BCUT2D eigenvalue weighted by molar-refractivity contribution is -0.137. The minimum atomic E-state index is -4.45. The maximum Gasteiger partial charge on any atom is 0.416 e. The van der Waals surface area contributed by atoms with E-state index in [0.29, 0.717) is 12.3 Å². The Morgan fingerprint density at radius 2 is 1.88 bits per heavy atom. The molecule has 5 nitrogen and oxygen atoms in total. The number of benzene rings is 1. The molecule has 1 heterocycles. The van der Waals surface area contributed by atoms with Gasteiger partial charge >= 0.3 is 6.18 Å². The molecule has 0 unspecified atom stereocenters. The van der Waals surface area contributed by atoms with Gasteiger partial charge in [0.05, 0.1) is 18.7 Å². The topological polar surface area (TPSA) is 71.2 Å². The van der Waals surface area contributed by atoms with E-state index in [0.717, 1.165) is 24.3 Å². The van der Waals surface area contributed by atoms with E-state index < -0.39 is 17.6 Å². The highest BCUT2D eigenvalue weighted by molar-refractivity contribution is 5.94. The van der Waals surface area contributed by atoms with Crippen LogP contribution in [0.5, 0.6) is 5.75 Å². The second-order valence-electron chi connectivity index (χ2n) is 6.15. The number of rotatable bonds is 6. The molecule has 26 heavy (non-hydrogen) atoms. The summed E-state index contributed by atoms with van der Waals surface area (Å²) in [6.07, 6.45) is -3.03. The largest absolute Gasteiger partial charge is 0.488 e. The molecule has 0 saturated heterocycles. The summed E-state index contributed by atoms with van der Waals surface area (Å²) in [5, 5.41) is 2.54. The Labute approximate surface area is 148 Å². The average molecular weight is 368 g/mol. The molecule has 0 spiro atoms. The van der Waals surface area contributed by atoms with Gasteiger partial charge in [-0.1, -0.05) is 13.8 Å². The van der Waals surface area contributed by atoms with E-state index in [4.69, 9.17) is 4.74 Å². The summed E-state index contributed by atoms with van der Waals surface area (Å²) in [5.74, 6) is -0.0756. The van der Waals surface area contributed by atoms with Crippen LogP contribution in [0.2, 0.25) is 0 Å². The number of alkyl halides is 3. The Morgan fingerprint density at radius 1 is 1.23 bits per heavy atom. The van der Waals surface area contributed by atoms with Crippen LogP contribution in [0.25, 0.3) is 0 Å². The standard InChI is InChI=1S/C18H19F3N2O3/c1-11(2)10-26-16-9-22-14(7-15(16)24)8-23-17(25)12-3-5-13(6-4-12)18(19,20)21/h3-7,9,11H,8,10H2,1-2H3,(H,22,24)(H,23,25). The number of carbonyl (C=O) groups excluding carboxylic acids is 1. The molecule has 0 radical (unpaired) electrons. The van der Waals surface area contributed by atoms with E-state index in [-0.39, 0.29) is 29.2 Å². The first-order valence-electron chi connectivity index (χ1n) is 7.96. The first kappa shape index (κ1) is 19.6. The number of amides is 1. The lowest BCUT2D eigenvalue weighted by Gasteiger charge is -2.10. The Hall–Kier alpha value is -2.77. The van der Waals surface area contributed by atoms with Gasteiger partial charge in [-0.3, -0.25) is 9.59 Å². The average Bonchev–Trinajstić information content (AvgIpc) is 2.58. The maximum atomic E-state index is 12.5. The highest BCUT2D eigenvalue weighted by atomic mass is 19.4. The fourth-order valence-electron chi connectivity index (χ4n) is 2.06. The summed E-state index contributed by atoms with van der Waals surface area (Å²) in [6, 6.07) is 5.20. The summed E-state index contributed by atoms with van der Waals surface area (Å²) in [5.41, 5.74) is -0.595. The van der Waals surface area contributed by atoms with Crippen LogP contribution in [0.3, 0.4) is 0 Å². The van der Waals surface area contributed by atoms with Crippen molar-refractivity contribution in [2.45, 2.75) is 26.6 Å². The molecule has 1 aromatic heterocycles. The minimum Gasteiger partial charge on any atom is -0.488 e. The monoisotopic (exact) mass is 368 g/mol. The second-order valence-corrected chi connectivity index (χ2v) is 6.15. The van der Waals surface area contributed by atoms with E-state index in [9.17, 15) is 22.8 Å². The van der Waals surface area contributed by atoms with Gasteiger partial charge in [0.1, 0.15) is 0 Å². The van der Waals surface area contributed by atoms with E-state index in [1.165, 1.54) is 12.3 Å². The van der Waals surface area contributed by atoms with Crippen molar-refractivity contribution in [3.63, 3.8) is 0 Å².